The molecule has 0 unspecified atom stereocenters. The van der Waals surface area contributed by atoms with Crippen LogP contribution in [0.25, 0.3) is 10.2 Å². The van der Waals surface area contributed by atoms with Crippen LogP contribution in [-0.4, -0.2) is 36.3 Å². The van der Waals surface area contributed by atoms with E-state index in [4.69, 9.17) is 9.47 Å². The number of fused-ring (bicyclic) bond motifs is 1. The van der Waals surface area contributed by atoms with Crippen molar-refractivity contribution in [3.05, 3.63) is 11.4 Å². The number of nitrogens with zero attached hydrogens (tertiary/aromatic N) is 2. The molecule has 16 heavy (non-hydrogen) atoms. The molecule has 0 bridgehead atoms. The summed E-state index contributed by atoms with van der Waals surface area (Å²) in [6.45, 7) is 1.29. The van der Waals surface area contributed by atoms with Crippen molar-refractivity contribution in [1.29, 1.82) is 0 Å². The molecule has 0 atom stereocenters. The van der Waals surface area contributed by atoms with Crippen molar-refractivity contribution in [1.82, 2.24) is 9.97 Å². The highest BCUT2D eigenvalue weighted by Crippen LogP contribution is 2.29. The van der Waals surface area contributed by atoms with Gasteiger partial charge in [0.05, 0.1) is 18.6 Å². The topological polar surface area (TPSA) is 56.3 Å². The third-order valence-electron chi connectivity index (χ3n) is 2.40. The standard InChI is InChI=1S/C10H11N3O2S/c1-11-10-12-8(15-6-4-14-5-6)7-2-3-16-9(7)13-10/h2-3,6H,4-5H2,1H3,(H,11,12,13). The van der Waals surface area contributed by atoms with E-state index in [2.05, 4.69) is 15.3 Å². The zero-order valence-electron chi connectivity index (χ0n) is 8.77. The molecule has 1 fully saturated rings. The first-order chi connectivity index (χ1) is 7.86. The molecule has 2 aromatic heterocycles. The van der Waals surface area contributed by atoms with E-state index in [1.54, 1.807) is 18.4 Å². The second-order valence-corrected chi connectivity index (χ2v) is 4.41. The Labute approximate surface area is 96.4 Å². The normalized spacial score (nSPS) is 16.1. The lowest BCUT2D eigenvalue weighted by molar-refractivity contribution is -0.0806. The molecule has 0 amide bonds. The summed E-state index contributed by atoms with van der Waals surface area (Å²) in [5.74, 6) is 1.23. The number of nitrogens with one attached hydrogen (secondary N) is 1. The fourth-order valence-electron chi connectivity index (χ4n) is 1.47. The first-order valence-corrected chi connectivity index (χ1v) is 5.92. The van der Waals surface area contributed by atoms with Gasteiger partial charge < -0.3 is 14.8 Å². The molecule has 3 rings (SSSR count). The summed E-state index contributed by atoms with van der Waals surface area (Å²) in [6, 6.07) is 1.98. The summed E-state index contributed by atoms with van der Waals surface area (Å²) in [5.41, 5.74) is 0. The summed E-state index contributed by atoms with van der Waals surface area (Å²) < 4.78 is 10.8. The lowest BCUT2D eigenvalue weighted by Crippen LogP contribution is -2.38. The first kappa shape index (κ1) is 9.80. The van der Waals surface area contributed by atoms with Crippen LogP contribution >= 0.6 is 11.3 Å². The molecule has 0 aliphatic carbocycles. The highest BCUT2D eigenvalue weighted by atomic mass is 32.1. The van der Waals surface area contributed by atoms with Gasteiger partial charge in [-0.1, -0.05) is 0 Å². The third-order valence-corrected chi connectivity index (χ3v) is 3.21. The quantitative estimate of drug-likeness (QED) is 0.877. The van der Waals surface area contributed by atoms with Crippen LogP contribution in [-0.2, 0) is 4.74 Å². The lowest BCUT2D eigenvalue weighted by Gasteiger charge is -2.26. The predicted octanol–water partition coefficient (Wildman–Crippen LogP) is 1.51. The van der Waals surface area contributed by atoms with Crippen LogP contribution in [0.1, 0.15) is 0 Å². The Morgan fingerprint density at radius 2 is 2.38 bits per heavy atom. The van der Waals surface area contributed by atoms with Crippen LogP contribution in [0.4, 0.5) is 5.95 Å². The Morgan fingerprint density at radius 1 is 1.50 bits per heavy atom. The van der Waals surface area contributed by atoms with Crippen LogP contribution in [0.2, 0.25) is 0 Å². The minimum absolute atomic E-state index is 0.128. The SMILES string of the molecule is CNc1nc(OC2COC2)c2ccsc2n1. The number of hydrogen-bond acceptors (Lipinski definition) is 6. The van der Waals surface area contributed by atoms with Crippen LogP contribution < -0.4 is 10.1 Å². The van der Waals surface area contributed by atoms with Crippen LogP contribution in [0.15, 0.2) is 11.4 Å². The maximum absolute atomic E-state index is 5.75. The maximum atomic E-state index is 5.75. The van der Waals surface area contributed by atoms with Gasteiger partial charge in [-0.05, 0) is 11.4 Å². The molecular weight excluding hydrogens is 226 g/mol. The minimum Gasteiger partial charge on any atom is -0.469 e. The van der Waals surface area contributed by atoms with Gasteiger partial charge >= 0.3 is 0 Å². The van der Waals surface area contributed by atoms with Crippen molar-refractivity contribution in [3.63, 3.8) is 0 Å². The number of hydrogen-bond donors (Lipinski definition) is 1. The summed E-state index contributed by atoms with van der Waals surface area (Å²) in [6.07, 6.45) is 0.128. The van der Waals surface area contributed by atoms with Crippen molar-refractivity contribution < 1.29 is 9.47 Å². The fraction of sp³-hybridized carbons (Fsp3) is 0.400. The van der Waals surface area contributed by atoms with E-state index in [0.717, 1.165) is 10.2 Å². The molecule has 0 radical (unpaired) electrons. The number of rotatable bonds is 3. The smallest absolute Gasteiger partial charge is 0.227 e. The number of anilines is 1. The van der Waals surface area contributed by atoms with Crippen molar-refractivity contribution in [2.75, 3.05) is 25.6 Å². The van der Waals surface area contributed by atoms with Crippen LogP contribution in [0.3, 0.4) is 0 Å². The lowest BCUT2D eigenvalue weighted by atomic mass is 10.3. The Hall–Kier alpha value is -1.40. The van der Waals surface area contributed by atoms with Gasteiger partial charge in [0.1, 0.15) is 10.9 Å². The van der Waals surface area contributed by atoms with Gasteiger partial charge in [-0.3, -0.25) is 0 Å². The number of aromatic nitrogens is 2. The van der Waals surface area contributed by atoms with Gasteiger partial charge in [0, 0.05) is 7.05 Å². The first-order valence-electron chi connectivity index (χ1n) is 5.04. The largest absolute Gasteiger partial charge is 0.469 e. The highest BCUT2D eigenvalue weighted by Gasteiger charge is 2.22. The zero-order chi connectivity index (χ0) is 11.0. The van der Waals surface area contributed by atoms with Gasteiger partial charge in [0.2, 0.25) is 11.8 Å². The molecular formula is C10H11N3O2S. The van der Waals surface area contributed by atoms with E-state index in [1.165, 1.54) is 0 Å². The number of thiophene rings is 1. The Balaban J connectivity index is 2.01. The van der Waals surface area contributed by atoms with Gasteiger partial charge in [0.15, 0.2) is 0 Å². The molecule has 6 heteroatoms. The minimum atomic E-state index is 0.128. The van der Waals surface area contributed by atoms with E-state index in [0.29, 0.717) is 25.0 Å². The second kappa shape index (κ2) is 3.88. The molecule has 5 nitrogen and oxygen atoms in total. The molecule has 3 heterocycles. The summed E-state index contributed by atoms with van der Waals surface area (Å²) >= 11 is 1.58. The summed E-state index contributed by atoms with van der Waals surface area (Å²) in [4.78, 5) is 9.61. The van der Waals surface area contributed by atoms with E-state index < -0.39 is 0 Å². The monoisotopic (exact) mass is 237 g/mol. The van der Waals surface area contributed by atoms with Gasteiger partial charge in [-0.25, -0.2) is 4.98 Å². The zero-order valence-corrected chi connectivity index (χ0v) is 9.58. The second-order valence-electron chi connectivity index (χ2n) is 3.52. The Morgan fingerprint density at radius 3 is 3.06 bits per heavy atom. The van der Waals surface area contributed by atoms with Crippen LogP contribution in [0.5, 0.6) is 5.88 Å². The molecule has 0 aromatic carbocycles. The van der Waals surface area contributed by atoms with Crippen molar-refractivity contribution in [2.45, 2.75) is 6.10 Å². The maximum Gasteiger partial charge on any atom is 0.227 e. The van der Waals surface area contributed by atoms with Crippen molar-refractivity contribution in [3.8, 4) is 5.88 Å². The van der Waals surface area contributed by atoms with E-state index in [-0.39, 0.29) is 6.10 Å². The molecule has 0 saturated carbocycles. The Kier molecular flexibility index (Phi) is 2.37. The van der Waals surface area contributed by atoms with E-state index in [1.807, 2.05) is 11.4 Å². The van der Waals surface area contributed by atoms with Crippen LogP contribution in [0, 0.1) is 0 Å². The average Bonchev–Trinajstić information content (AvgIpc) is 2.70. The Bertz CT molecular complexity index is 510. The van der Waals surface area contributed by atoms with Gasteiger partial charge in [0.25, 0.3) is 0 Å². The van der Waals surface area contributed by atoms with Gasteiger partial charge in [-0.2, -0.15) is 4.98 Å². The molecule has 1 aliphatic rings. The summed E-state index contributed by atoms with van der Waals surface area (Å²) in [5, 5.41) is 5.89. The molecule has 84 valence electrons. The van der Waals surface area contributed by atoms with E-state index >= 15 is 0 Å². The molecule has 1 N–H and O–H groups in total. The third kappa shape index (κ3) is 1.60. The number of ether oxygens (including phenoxy) is 2. The van der Waals surface area contributed by atoms with Crippen molar-refractivity contribution in [2.24, 2.45) is 0 Å². The highest BCUT2D eigenvalue weighted by molar-refractivity contribution is 7.16. The van der Waals surface area contributed by atoms with Gasteiger partial charge in [-0.15, -0.1) is 11.3 Å². The molecule has 1 aliphatic heterocycles. The molecule has 2 aromatic rings. The molecule has 0 spiro atoms. The van der Waals surface area contributed by atoms with E-state index in [9.17, 15) is 0 Å². The molecule has 1 saturated heterocycles. The van der Waals surface area contributed by atoms with Crippen molar-refractivity contribution >= 4 is 27.5 Å². The fourth-order valence-corrected chi connectivity index (χ4v) is 2.22. The summed E-state index contributed by atoms with van der Waals surface area (Å²) in [7, 11) is 1.80. The predicted molar refractivity (Wildman–Crippen MR) is 62.2 cm³/mol. The average molecular weight is 237 g/mol.